The summed E-state index contributed by atoms with van der Waals surface area (Å²) < 4.78 is 5.38. The van der Waals surface area contributed by atoms with Crippen LogP contribution < -0.4 is 10.5 Å². The summed E-state index contributed by atoms with van der Waals surface area (Å²) in [6.45, 7) is 1.52. The molecule has 0 aliphatic carbocycles. The van der Waals surface area contributed by atoms with Gasteiger partial charge in [0.1, 0.15) is 12.0 Å². The van der Waals surface area contributed by atoms with Crippen LogP contribution >= 0.6 is 11.6 Å². The van der Waals surface area contributed by atoms with Crippen molar-refractivity contribution in [3.05, 3.63) is 11.5 Å². The standard InChI is InChI=1S/C9H15ClN4O/c1-14(2)4-3-5-15-9-7(11)8(10)12-6-13-9/h6H,3-5,11H2,1-2H3. The lowest BCUT2D eigenvalue weighted by Gasteiger charge is -2.10. The quantitative estimate of drug-likeness (QED) is 0.605. The summed E-state index contributed by atoms with van der Waals surface area (Å²) >= 11 is 5.71. The number of hydrogen-bond donors (Lipinski definition) is 1. The minimum Gasteiger partial charge on any atom is -0.476 e. The average molecular weight is 231 g/mol. The minimum absolute atomic E-state index is 0.229. The van der Waals surface area contributed by atoms with E-state index in [0.29, 0.717) is 18.2 Å². The Balaban J connectivity index is 2.41. The van der Waals surface area contributed by atoms with E-state index in [1.165, 1.54) is 6.33 Å². The highest BCUT2D eigenvalue weighted by molar-refractivity contribution is 6.32. The van der Waals surface area contributed by atoms with Crippen molar-refractivity contribution in [3.8, 4) is 5.88 Å². The van der Waals surface area contributed by atoms with E-state index in [4.69, 9.17) is 22.1 Å². The maximum Gasteiger partial charge on any atom is 0.241 e. The van der Waals surface area contributed by atoms with Gasteiger partial charge in [0.2, 0.25) is 5.88 Å². The first-order valence-electron chi connectivity index (χ1n) is 4.64. The number of nitrogen functional groups attached to an aromatic ring is 1. The second kappa shape index (κ2) is 5.72. The Bertz CT molecular complexity index is 319. The first-order chi connectivity index (χ1) is 7.11. The topological polar surface area (TPSA) is 64.3 Å². The molecule has 0 aliphatic rings. The van der Waals surface area contributed by atoms with Gasteiger partial charge in [0, 0.05) is 6.54 Å². The Kier molecular flexibility index (Phi) is 4.58. The molecule has 0 unspecified atom stereocenters. The molecule has 0 spiro atoms. The maximum atomic E-state index is 5.71. The summed E-state index contributed by atoms with van der Waals surface area (Å²) in [7, 11) is 4.02. The zero-order valence-corrected chi connectivity index (χ0v) is 9.66. The summed E-state index contributed by atoms with van der Waals surface area (Å²) in [6, 6.07) is 0. The van der Waals surface area contributed by atoms with Gasteiger partial charge >= 0.3 is 0 Å². The summed E-state index contributed by atoms with van der Waals surface area (Å²) in [4.78, 5) is 9.72. The number of rotatable bonds is 5. The predicted octanol–water partition coefficient (Wildman–Crippen LogP) is 1.04. The fraction of sp³-hybridized carbons (Fsp3) is 0.556. The van der Waals surface area contributed by atoms with Crippen LogP contribution in [0.3, 0.4) is 0 Å². The van der Waals surface area contributed by atoms with Gasteiger partial charge in [0.25, 0.3) is 0 Å². The molecule has 0 radical (unpaired) electrons. The molecule has 0 bridgehead atoms. The Morgan fingerprint density at radius 2 is 2.20 bits per heavy atom. The molecule has 0 aromatic carbocycles. The third kappa shape index (κ3) is 3.89. The van der Waals surface area contributed by atoms with E-state index in [0.717, 1.165) is 13.0 Å². The molecule has 5 nitrogen and oxygen atoms in total. The zero-order chi connectivity index (χ0) is 11.3. The molecular weight excluding hydrogens is 216 g/mol. The molecular formula is C9H15ClN4O. The van der Waals surface area contributed by atoms with Crippen LogP contribution in [0.5, 0.6) is 5.88 Å². The second-order valence-corrected chi connectivity index (χ2v) is 3.75. The van der Waals surface area contributed by atoms with Gasteiger partial charge in [-0.1, -0.05) is 11.6 Å². The van der Waals surface area contributed by atoms with Gasteiger partial charge in [-0.25, -0.2) is 4.98 Å². The Labute approximate surface area is 94.2 Å². The van der Waals surface area contributed by atoms with Crippen LogP contribution in [0.25, 0.3) is 0 Å². The lowest BCUT2D eigenvalue weighted by atomic mass is 10.4. The molecule has 0 saturated carbocycles. The van der Waals surface area contributed by atoms with Crippen molar-refractivity contribution in [1.29, 1.82) is 0 Å². The molecule has 1 aromatic heterocycles. The summed E-state index contributed by atoms with van der Waals surface area (Å²) in [5, 5.41) is 0.229. The molecule has 1 heterocycles. The number of nitrogens with zero attached hydrogens (tertiary/aromatic N) is 3. The van der Waals surface area contributed by atoms with Crippen molar-refractivity contribution in [3.63, 3.8) is 0 Å². The van der Waals surface area contributed by atoms with Crippen molar-refractivity contribution in [2.24, 2.45) is 0 Å². The predicted molar refractivity (Wildman–Crippen MR) is 60.1 cm³/mol. The average Bonchev–Trinajstić information content (AvgIpc) is 2.18. The van der Waals surface area contributed by atoms with Crippen LogP contribution in [-0.2, 0) is 0 Å². The van der Waals surface area contributed by atoms with E-state index in [9.17, 15) is 0 Å². The van der Waals surface area contributed by atoms with Crippen LogP contribution in [0, 0.1) is 0 Å². The van der Waals surface area contributed by atoms with Crippen molar-refractivity contribution < 1.29 is 4.74 Å². The van der Waals surface area contributed by atoms with E-state index in [1.807, 2.05) is 14.1 Å². The van der Waals surface area contributed by atoms with Gasteiger partial charge in [-0.15, -0.1) is 0 Å². The molecule has 1 rings (SSSR count). The molecule has 0 saturated heterocycles. The van der Waals surface area contributed by atoms with Gasteiger partial charge in [-0.3, -0.25) is 0 Å². The highest BCUT2D eigenvalue weighted by Crippen LogP contribution is 2.23. The zero-order valence-electron chi connectivity index (χ0n) is 8.90. The minimum atomic E-state index is 0.229. The molecule has 15 heavy (non-hydrogen) atoms. The van der Waals surface area contributed by atoms with Gasteiger partial charge in [0.15, 0.2) is 5.15 Å². The van der Waals surface area contributed by atoms with Crippen LogP contribution in [-0.4, -0.2) is 42.1 Å². The highest BCUT2D eigenvalue weighted by atomic mass is 35.5. The molecule has 0 amide bonds. The number of ether oxygens (including phenoxy) is 1. The second-order valence-electron chi connectivity index (χ2n) is 3.39. The molecule has 0 fully saturated rings. The van der Waals surface area contributed by atoms with Crippen molar-refractivity contribution >= 4 is 17.3 Å². The molecule has 0 aliphatic heterocycles. The lowest BCUT2D eigenvalue weighted by Crippen LogP contribution is -2.16. The summed E-state index contributed by atoms with van der Waals surface area (Å²) in [6.07, 6.45) is 2.24. The molecule has 2 N–H and O–H groups in total. The van der Waals surface area contributed by atoms with E-state index >= 15 is 0 Å². The third-order valence-corrected chi connectivity index (χ3v) is 2.09. The van der Waals surface area contributed by atoms with Crippen LogP contribution in [0.1, 0.15) is 6.42 Å². The number of nitrogens with two attached hydrogens (primary N) is 1. The Morgan fingerprint density at radius 1 is 1.47 bits per heavy atom. The van der Waals surface area contributed by atoms with E-state index in [1.54, 1.807) is 0 Å². The van der Waals surface area contributed by atoms with Crippen LogP contribution in [0.15, 0.2) is 6.33 Å². The van der Waals surface area contributed by atoms with E-state index in [-0.39, 0.29) is 5.15 Å². The number of anilines is 1. The Hall–Kier alpha value is -1.07. The van der Waals surface area contributed by atoms with E-state index in [2.05, 4.69) is 14.9 Å². The SMILES string of the molecule is CN(C)CCCOc1ncnc(Cl)c1N. The fourth-order valence-corrected chi connectivity index (χ4v) is 1.15. The van der Waals surface area contributed by atoms with Crippen LogP contribution in [0.2, 0.25) is 5.15 Å². The van der Waals surface area contributed by atoms with Crippen molar-refractivity contribution in [2.75, 3.05) is 33.0 Å². The number of hydrogen-bond acceptors (Lipinski definition) is 5. The lowest BCUT2D eigenvalue weighted by molar-refractivity contribution is 0.274. The first-order valence-corrected chi connectivity index (χ1v) is 5.02. The Morgan fingerprint density at radius 3 is 2.87 bits per heavy atom. The molecule has 84 valence electrons. The largest absolute Gasteiger partial charge is 0.476 e. The third-order valence-electron chi connectivity index (χ3n) is 1.79. The normalized spacial score (nSPS) is 10.7. The van der Waals surface area contributed by atoms with Gasteiger partial charge < -0.3 is 15.4 Å². The molecule has 6 heteroatoms. The van der Waals surface area contributed by atoms with Crippen molar-refractivity contribution in [2.45, 2.75) is 6.42 Å². The maximum absolute atomic E-state index is 5.71. The number of aromatic nitrogens is 2. The van der Waals surface area contributed by atoms with Crippen molar-refractivity contribution in [1.82, 2.24) is 14.9 Å². The highest BCUT2D eigenvalue weighted by Gasteiger charge is 2.06. The van der Waals surface area contributed by atoms with Gasteiger partial charge in [-0.05, 0) is 20.5 Å². The summed E-state index contributed by atoms with van der Waals surface area (Å²) in [5.74, 6) is 0.355. The smallest absolute Gasteiger partial charge is 0.241 e. The number of halogens is 1. The van der Waals surface area contributed by atoms with Gasteiger partial charge in [0.05, 0.1) is 6.61 Å². The molecule has 0 atom stereocenters. The summed E-state index contributed by atoms with van der Waals surface area (Å²) in [5.41, 5.74) is 5.93. The van der Waals surface area contributed by atoms with Crippen LogP contribution in [0.4, 0.5) is 5.69 Å². The van der Waals surface area contributed by atoms with Gasteiger partial charge in [-0.2, -0.15) is 4.98 Å². The van der Waals surface area contributed by atoms with E-state index < -0.39 is 0 Å². The molecule has 1 aromatic rings. The monoisotopic (exact) mass is 230 g/mol. The fourth-order valence-electron chi connectivity index (χ4n) is 1.02. The first kappa shape index (κ1) is 12.0.